The van der Waals surface area contributed by atoms with Crippen molar-refractivity contribution in [3.63, 3.8) is 0 Å². The Balaban J connectivity index is 1.57. The van der Waals surface area contributed by atoms with E-state index in [1.807, 2.05) is 0 Å². The molecule has 0 aromatic rings. The SMILES string of the molecule is CCC1(OC(=O)C(I)C23NI2N3)C2CCC1(C)C2(C)C. The van der Waals surface area contributed by atoms with E-state index in [-0.39, 0.29) is 24.6 Å². The molecule has 6 heteroatoms. The van der Waals surface area contributed by atoms with Gasteiger partial charge in [0.05, 0.1) is 0 Å². The van der Waals surface area contributed by atoms with Crippen LogP contribution in [-0.4, -0.2) is 19.2 Å². The van der Waals surface area contributed by atoms with Crippen LogP contribution < -0.4 is 7.06 Å². The molecule has 2 aliphatic heterocycles. The predicted molar refractivity (Wildman–Crippen MR) is 94.6 cm³/mol. The van der Waals surface area contributed by atoms with Gasteiger partial charge in [-0.3, -0.25) is 0 Å². The van der Waals surface area contributed by atoms with Gasteiger partial charge in [-0.05, 0) is 0 Å². The molecule has 5 fully saturated rings. The molecule has 2 saturated heterocycles. The molecule has 114 valence electrons. The zero-order valence-electron chi connectivity index (χ0n) is 12.3. The molecular formula is C14H22I2N2O2. The minimum absolute atomic E-state index is 0.00150. The van der Waals surface area contributed by atoms with E-state index >= 15 is 0 Å². The standard InChI is InChI=1S/C14H22I2N2O2/c1-5-13(8-6-7-12(13,4)11(8,2)3)20-10(19)9(15)14-16(17-14)18-14/h8-9,17-18H,5-7H2,1-4H3. The summed E-state index contributed by atoms with van der Waals surface area (Å²) in [4.78, 5) is 12.6. The molecule has 5 aliphatic rings. The summed E-state index contributed by atoms with van der Waals surface area (Å²) in [6.45, 7) is 9.21. The van der Waals surface area contributed by atoms with Gasteiger partial charge in [-0.2, -0.15) is 0 Å². The Hall–Kier alpha value is 0.850. The second-order valence-electron chi connectivity index (χ2n) is 7.36. The number of esters is 1. The molecule has 0 spiro atoms. The van der Waals surface area contributed by atoms with Crippen molar-refractivity contribution in [2.75, 3.05) is 0 Å². The van der Waals surface area contributed by atoms with E-state index in [9.17, 15) is 4.79 Å². The fraction of sp³-hybridized carbons (Fsp3) is 0.929. The Morgan fingerprint density at radius 3 is 2.40 bits per heavy atom. The third kappa shape index (κ3) is 1.34. The van der Waals surface area contributed by atoms with Crippen LogP contribution in [0.4, 0.5) is 0 Å². The minimum atomic E-state index is -1.07. The van der Waals surface area contributed by atoms with Crippen molar-refractivity contribution in [1.82, 2.24) is 7.06 Å². The fourth-order valence-electron chi connectivity index (χ4n) is 5.10. The topological polar surface area (TPSA) is 70.2 Å². The van der Waals surface area contributed by atoms with Crippen LogP contribution in [0.5, 0.6) is 0 Å². The zero-order valence-corrected chi connectivity index (χ0v) is 16.7. The van der Waals surface area contributed by atoms with E-state index in [4.69, 9.17) is 4.74 Å². The first-order valence-electron chi connectivity index (χ1n) is 7.37. The van der Waals surface area contributed by atoms with Gasteiger partial charge < -0.3 is 0 Å². The predicted octanol–water partition coefficient (Wildman–Crippen LogP) is 3.13. The number of alkyl halides is 2. The summed E-state index contributed by atoms with van der Waals surface area (Å²) in [6, 6.07) is 0. The van der Waals surface area contributed by atoms with Gasteiger partial charge in [0.15, 0.2) is 0 Å². The first kappa shape index (κ1) is 14.4. The summed E-state index contributed by atoms with van der Waals surface area (Å²) < 4.78 is 13.0. The first-order valence-corrected chi connectivity index (χ1v) is 11.9. The number of fused-ring (bicyclic) bond motifs is 2. The van der Waals surface area contributed by atoms with Crippen molar-refractivity contribution >= 4 is 48.9 Å². The molecule has 4 atom stereocenters. The van der Waals surface area contributed by atoms with Crippen LogP contribution in [0.2, 0.25) is 0 Å². The summed E-state index contributed by atoms with van der Waals surface area (Å²) in [6.07, 6.45) is 3.34. The van der Waals surface area contributed by atoms with Crippen LogP contribution >= 0.6 is 43.0 Å². The molecule has 3 aliphatic carbocycles. The van der Waals surface area contributed by atoms with Crippen molar-refractivity contribution < 1.29 is 9.53 Å². The molecular weight excluding hydrogens is 482 g/mol. The van der Waals surface area contributed by atoms with Crippen molar-refractivity contribution in [1.29, 1.82) is 0 Å². The maximum atomic E-state index is 12.6. The second-order valence-corrected chi connectivity index (χ2v) is 13.0. The van der Waals surface area contributed by atoms with Crippen LogP contribution in [0.15, 0.2) is 0 Å². The summed E-state index contributed by atoms with van der Waals surface area (Å²) >= 11 is 1.19. The monoisotopic (exact) mass is 504 g/mol. The third-order valence-electron chi connectivity index (χ3n) is 6.78. The van der Waals surface area contributed by atoms with Crippen molar-refractivity contribution in [2.45, 2.75) is 60.2 Å². The van der Waals surface area contributed by atoms with E-state index in [0.29, 0.717) is 11.3 Å². The Morgan fingerprint density at radius 2 is 2.05 bits per heavy atom. The number of rotatable bonds is 4. The number of carbonyl (C=O) groups excluding carboxylic acids is 1. The van der Waals surface area contributed by atoms with E-state index < -0.39 is 20.4 Å². The van der Waals surface area contributed by atoms with Gasteiger partial charge in [0, 0.05) is 0 Å². The quantitative estimate of drug-likeness (QED) is 0.154. The van der Waals surface area contributed by atoms with E-state index in [1.54, 1.807) is 0 Å². The van der Waals surface area contributed by atoms with Crippen LogP contribution in [0.1, 0.15) is 47.0 Å². The number of nitrogens with one attached hydrogen (secondary N) is 2. The maximum absolute atomic E-state index is 12.6. The molecule has 4 nitrogen and oxygen atoms in total. The fourth-order valence-corrected chi connectivity index (χ4v) is 12.5. The van der Waals surface area contributed by atoms with Crippen LogP contribution in [0, 0.1) is 16.7 Å². The van der Waals surface area contributed by atoms with Gasteiger partial charge in [-0.15, -0.1) is 0 Å². The second kappa shape index (κ2) is 3.84. The molecule has 4 unspecified atom stereocenters. The summed E-state index contributed by atoms with van der Waals surface area (Å²) in [7, 11) is 0. The van der Waals surface area contributed by atoms with Crippen LogP contribution in [-0.2, 0) is 9.53 Å². The summed E-state index contributed by atoms with van der Waals surface area (Å²) in [5.74, 6) is 0.530. The normalized spacial score (nSPS) is 48.0. The molecule has 20 heavy (non-hydrogen) atoms. The summed E-state index contributed by atoms with van der Waals surface area (Å²) in [5, 5.41) is 0. The molecule has 0 radical (unpaired) electrons. The zero-order chi connectivity index (χ0) is 14.6. The number of ether oxygens (including phenoxy) is 1. The molecule has 3 saturated carbocycles. The van der Waals surface area contributed by atoms with Gasteiger partial charge in [0.25, 0.3) is 0 Å². The van der Waals surface area contributed by atoms with Gasteiger partial charge in [-0.1, -0.05) is 0 Å². The number of carbonyl (C=O) groups is 1. The number of hydrogen-bond donors (Lipinski definition) is 2. The molecule has 5 rings (SSSR count). The molecule has 2 bridgehead atoms. The molecule has 0 aromatic heterocycles. The Bertz CT molecular complexity index is 505. The Morgan fingerprint density at radius 1 is 1.45 bits per heavy atom. The molecule has 0 amide bonds. The van der Waals surface area contributed by atoms with Gasteiger partial charge >= 0.3 is 142 Å². The number of hydrogen-bond acceptors (Lipinski definition) is 4. The Labute approximate surface area is 141 Å². The van der Waals surface area contributed by atoms with Crippen LogP contribution in [0.3, 0.4) is 0 Å². The van der Waals surface area contributed by atoms with Gasteiger partial charge in [0.1, 0.15) is 0 Å². The van der Waals surface area contributed by atoms with Crippen molar-refractivity contribution in [3.8, 4) is 0 Å². The average Bonchev–Trinajstić information content (AvgIpc) is 3.20. The molecule has 2 heterocycles. The van der Waals surface area contributed by atoms with E-state index in [0.717, 1.165) is 6.42 Å². The van der Waals surface area contributed by atoms with Crippen molar-refractivity contribution in [3.05, 3.63) is 0 Å². The summed E-state index contributed by atoms with van der Waals surface area (Å²) in [5.41, 5.74) is 0.238. The van der Waals surface area contributed by atoms with Gasteiger partial charge in [0.2, 0.25) is 0 Å². The van der Waals surface area contributed by atoms with E-state index in [2.05, 4.69) is 57.3 Å². The van der Waals surface area contributed by atoms with Crippen LogP contribution in [0.25, 0.3) is 0 Å². The molecule has 0 aromatic carbocycles. The first-order chi connectivity index (χ1) is 9.25. The average molecular weight is 504 g/mol. The Kier molecular flexibility index (Phi) is 2.77. The third-order valence-corrected chi connectivity index (χ3v) is 14.0. The molecule has 2 N–H and O–H groups in total. The number of halogens is 2. The van der Waals surface area contributed by atoms with Gasteiger partial charge in [-0.25, -0.2) is 0 Å². The van der Waals surface area contributed by atoms with Crippen molar-refractivity contribution in [2.24, 2.45) is 16.7 Å². The van der Waals surface area contributed by atoms with E-state index in [1.165, 1.54) is 12.8 Å².